The van der Waals surface area contributed by atoms with E-state index >= 15 is 0 Å². The van der Waals surface area contributed by atoms with Gasteiger partial charge in [0.1, 0.15) is 5.75 Å². The lowest BCUT2D eigenvalue weighted by Gasteiger charge is -2.07. The number of esters is 1. The van der Waals surface area contributed by atoms with E-state index in [0.717, 1.165) is 4.88 Å². The molecule has 2 aromatic carbocycles. The fourth-order valence-corrected chi connectivity index (χ4v) is 3.49. The number of ether oxygens (including phenoxy) is 2. The van der Waals surface area contributed by atoms with Crippen LogP contribution >= 0.6 is 11.3 Å². The Morgan fingerprint density at radius 2 is 1.62 bits per heavy atom. The average Bonchev–Trinajstić information content (AvgIpc) is 3.39. The molecule has 3 rings (SSSR count). The van der Waals surface area contributed by atoms with Crippen LogP contribution in [-0.2, 0) is 14.3 Å². The summed E-state index contributed by atoms with van der Waals surface area (Å²) in [4.78, 5) is 49.3. The number of ketones is 2. The molecule has 0 unspecified atom stereocenters. The third-order valence-electron chi connectivity index (χ3n) is 4.73. The molecule has 0 spiro atoms. The molecule has 1 N–H and O–H groups in total. The Hall–Kier alpha value is -4.04. The largest absolute Gasteiger partial charge is 0.497 e. The van der Waals surface area contributed by atoms with Crippen molar-refractivity contribution < 1.29 is 28.7 Å². The Bertz CT molecular complexity index is 1170. The topological polar surface area (TPSA) is 98.8 Å². The number of carbonyl (C=O) groups is 4. The van der Waals surface area contributed by atoms with Gasteiger partial charge in [0, 0.05) is 28.1 Å². The van der Waals surface area contributed by atoms with Crippen molar-refractivity contribution in [3.05, 3.63) is 88.1 Å². The smallest absolute Gasteiger partial charge is 0.306 e. The lowest BCUT2D eigenvalue weighted by molar-refractivity contribution is -0.143. The number of anilines is 1. The van der Waals surface area contributed by atoms with Crippen molar-refractivity contribution >= 4 is 46.5 Å². The predicted octanol–water partition coefficient (Wildman–Crippen LogP) is 4.80. The summed E-state index contributed by atoms with van der Waals surface area (Å²) < 4.78 is 10.00. The van der Waals surface area contributed by atoms with Gasteiger partial charge in [-0.2, -0.15) is 0 Å². The number of carbonyl (C=O) groups excluding carboxylic acids is 4. The van der Waals surface area contributed by atoms with E-state index < -0.39 is 12.6 Å². The molecular formula is C26H23NO6S. The van der Waals surface area contributed by atoms with Crippen LogP contribution < -0.4 is 10.1 Å². The highest BCUT2D eigenvalue weighted by Crippen LogP contribution is 2.15. The number of Topliss-reactive ketones (excluding diaryl/α,β-unsaturated/α-hetero) is 1. The molecule has 7 nitrogen and oxygen atoms in total. The second-order valence-electron chi connectivity index (χ2n) is 7.15. The summed E-state index contributed by atoms with van der Waals surface area (Å²) in [5.41, 5.74) is 1.40. The van der Waals surface area contributed by atoms with Crippen molar-refractivity contribution in [2.24, 2.45) is 0 Å². The number of thiophene rings is 1. The number of hydrogen-bond donors (Lipinski definition) is 1. The number of nitrogens with one attached hydrogen (secondary N) is 1. The molecule has 8 heteroatoms. The van der Waals surface area contributed by atoms with E-state index in [1.807, 2.05) is 17.5 Å². The maximum Gasteiger partial charge on any atom is 0.306 e. The highest BCUT2D eigenvalue weighted by Gasteiger charge is 2.12. The van der Waals surface area contributed by atoms with Crippen molar-refractivity contribution in [2.45, 2.75) is 12.8 Å². The molecule has 0 saturated heterocycles. The zero-order valence-electron chi connectivity index (χ0n) is 18.5. The van der Waals surface area contributed by atoms with E-state index in [2.05, 4.69) is 5.32 Å². The van der Waals surface area contributed by atoms with Gasteiger partial charge in [0.2, 0.25) is 5.91 Å². The molecule has 0 bridgehead atoms. The van der Waals surface area contributed by atoms with Crippen LogP contribution in [0.4, 0.5) is 5.69 Å². The lowest BCUT2D eigenvalue weighted by atomic mass is 10.1. The number of amides is 1. The average molecular weight is 478 g/mol. The molecular weight excluding hydrogens is 454 g/mol. The van der Waals surface area contributed by atoms with Gasteiger partial charge in [-0.05, 0) is 72.1 Å². The van der Waals surface area contributed by atoms with Crippen molar-refractivity contribution in [2.75, 3.05) is 19.0 Å². The summed E-state index contributed by atoms with van der Waals surface area (Å²) in [6, 6.07) is 16.8. The van der Waals surface area contributed by atoms with Crippen molar-refractivity contribution in [3.63, 3.8) is 0 Å². The van der Waals surface area contributed by atoms with Gasteiger partial charge in [-0.15, -0.1) is 11.3 Å². The summed E-state index contributed by atoms with van der Waals surface area (Å²) >= 11 is 1.54. The van der Waals surface area contributed by atoms with Gasteiger partial charge in [0.15, 0.2) is 18.2 Å². The van der Waals surface area contributed by atoms with Gasteiger partial charge in [-0.1, -0.05) is 6.07 Å². The van der Waals surface area contributed by atoms with E-state index in [1.54, 1.807) is 65.9 Å². The van der Waals surface area contributed by atoms with E-state index in [-0.39, 0.29) is 30.3 Å². The monoisotopic (exact) mass is 477 g/mol. The van der Waals surface area contributed by atoms with E-state index in [0.29, 0.717) is 22.6 Å². The van der Waals surface area contributed by atoms with E-state index in [4.69, 9.17) is 9.47 Å². The molecule has 0 aliphatic carbocycles. The number of allylic oxidation sites excluding steroid dienone is 1. The minimum atomic E-state index is -0.643. The molecule has 0 aliphatic rings. The van der Waals surface area contributed by atoms with Crippen LogP contribution in [0.2, 0.25) is 0 Å². The minimum absolute atomic E-state index is 0.0974. The summed E-state index contributed by atoms with van der Waals surface area (Å²) in [6.45, 7) is -0.400. The first-order valence-electron chi connectivity index (χ1n) is 10.4. The molecule has 1 aromatic heterocycles. The first-order chi connectivity index (χ1) is 16.4. The van der Waals surface area contributed by atoms with E-state index in [1.165, 1.54) is 13.2 Å². The fourth-order valence-electron chi connectivity index (χ4n) is 2.88. The Kier molecular flexibility index (Phi) is 8.88. The first-order valence-corrected chi connectivity index (χ1v) is 11.3. The Morgan fingerprint density at radius 3 is 2.26 bits per heavy atom. The summed E-state index contributed by atoms with van der Waals surface area (Å²) in [5, 5.41) is 4.60. The summed E-state index contributed by atoms with van der Waals surface area (Å²) in [6.07, 6.45) is 3.00. The van der Waals surface area contributed by atoms with Crippen LogP contribution in [0.15, 0.2) is 72.1 Å². The second kappa shape index (κ2) is 12.3. The van der Waals surface area contributed by atoms with Gasteiger partial charge in [-0.25, -0.2) is 0 Å². The molecule has 1 amide bonds. The molecule has 0 saturated carbocycles. The van der Waals surface area contributed by atoms with Gasteiger partial charge >= 0.3 is 5.97 Å². The van der Waals surface area contributed by atoms with Crippen molar-refractivity contribution in [1.82, 2.24) is 0 Å². The van der Waals surface area contributed by atoms with Crippen molar-refractivity contribution in [1.29, 1.82) is 0 Å². The molecule has 1 heterocycles. The van der Waals surface area contributed by atoms with E-state index in [9.17, 15) is 19.2 Å². The Labute approximate surface area is 201 Å². The molecule has 0 atom stereocenters. The molecule has 3 aromatic rings. The lowest BCUT2D eigenvalue weighted by Crippen LogP contribution is -2.17. The van der Waals surface area contributed by atoms with Gasteiger partial charge < -0.3 is 14.8 Å². The summed E-state index contributed by atoms with van der Waals surface area (Å²) in [5.74, 6) is -0.893. The molecule has 0 aliphatic heterocycles. The maximum absolute atomic E-state index is 12.2. The second-order valence-corrected chi connectivity index (χ2v) is 8.13. The molecule has 0 fully saturated rings. The normalized spacial score (nSPS) is 10.6. The SMILES string of the molecule is COc1ccc(C(=O)COC(=O)CCC(=O)Nc2ccc(C(=O)/C=C/c3cccs3)cc2)cc1. The maximum atomic E-state index is 12.2. The molecule has 34 heavy (non-hydrogen) atoms. The molecule has 174 valence electrons. The van der Waals surface area contributed by atoms with Crippen LogP contribution in [0.3, 0.4) is 0 Å². The number of hydrogen-bond acceptors (Lipinski definition) is 7. The highest BCUT2D eigenvalue weighted by atomic mass is 32.1. The number of methoxy groups -OCH3 is 1. The van der Waals surface area contributed by atoms with Crippen molar-refractivity contribution in [3.8, 4) is 5.75 Å². The molecule has 0 radical (unpaired) electrons. The van der Waals surface area contributed by atoms with Gasteiger partial charge in [0.05, 0.1) is 13.5 Å². The van der Waals surface area contributed by atoms with Gasteiger partial charge in [-0.3, -0.25) is 19.2 Å². The number of benzene rings is 2. The zero-order chi connectivity index (χ0) is 24.3. The quantitative estimate of drug-likeness (QED) is 0.242. The van der Waals surface area contributed by atoms with Crippen LogP contribution in [0, 0.1) is 0 Å². The van der Waals surface area contributed by atoms with Crippen LogP contribution in [0.5, 0.6) is 5.75 Å². The third kappa shape index (κ3) is 7.53. The Balaban J connectivity index is 1.39. The highest BCUT2D eigenvalue weighted by molar-refractivity contribution is 7.10. The zero-order valence-corrected chi connectivity index (χ0v) is 19.3. The van der Waals surface area contributed by atoms with Crippen LogP contribution in [0.1, 0.15) is 38.4 Å². The summed E-state index contributed by atoms with van der Waals surface area (Å²) in [7, 11) is 1.52. The standard InChI is InChI=1S/C26H23NO6S/c1-32-21-10-6-19(7-11-21)24(29)17-33-26(31)15-14-25(30)27-20-8-4-18(5-9-20)23(28)13-12-22-3-2-16-34-22/h2-13,16H,14-15,17H2,1H3,(H,27,30)/b13-12+. The predicted molar refractivity (Wildman–Crippen MR) is 130 cm³/mol. The first kappa shape index (κ1) is 24.6. The van der Waals surface area contributed by atoms with Crippen LogP contribution in [0.25, 0.3) is 6.08 Å². The Morgan fingerprint density at radius 1 is 0.912 bits per heavy atom. The minimum Gasteiger partial charge on any atom is -0.497 e. The number of rotatable bonds is 11. The van der Waals surface area contributed by atoms with Crippen LogP contribution in [-0.4, -0.2) is 37.2 Å². The fraction of sp³-hybridized carbons (Fsp3) is 0.154. The third-order valence-corrected chi connectivity index (χ3v) is 5.57. The van der Waals surface area contributed by atoms with Gasteiger partial charge in [0.25, 0.3) is 0 Å².